The number of ether oxygens (including phenoxy) is 2. The molecule has 2 heterocycles. The largest absolute Gasteiger partial charge is 0.486 e. The number of amides is 1. The summed E-state index contributed by atoms with van der Waals surface area (Å²) >= 11 is 1.33. The highest BCUT2D eigenvalue weighted by molar-refractivity contribution is 7.16. The molecule has 0 saturated carbocycles. The minimum Gasteiger partial charge on any atom is -0.486 e. The van der Waals surface area contributed by atoms with Crippen LogP contribution in [0.1, 0.15) is 10.4 Å². The monoisotopic (exact) mass is 397 g/mol. The highest BCUT2D eigenvalue weighted by atomic mass is 32.1. The van der Waals surface area contributed by atoms with E-state index in [9.17, 15) is 14.9 Å². The van der Waals surface area contributed by atoms with Crippen LogP contribution in [-0.4, -0.2) is 28.6 Å². The maximum Gasteiger partial charge on any atom is 0.279 e. The molecule has 1 amide bonds. The number of thiazole rings is 1. The van der Waals surface area contributed by atoms with E-state index in [4.69, 9.17) is 9.47 Å². The van der Waals surface area contributed by atoms with Crippen molar-refractivity contribution < 1.29 is 19.2 Å². The lowest BCUT2D eigenvalue weighted by molar-refractivity contribution is -0.384. The number of carbonyl (C=O) groups is 1. The summed E-state index contributed by atoms with van der Waals surface area (Å²) in [6, 6.07) is 9.25. The number of rotatable bonds is 4. The van der Waals surface area contributed by atoms with Gasteiger partial charge in [0.25, 0.3) is 11.6 Å². The van der Waals surface area contributed by atoms with Gasteiger partial charge in [0, 0.05) is 36.4 Å². The Hall–Kier alpha value is -3.46. The van der Waals surface area contributed by atoms with Gasteiger partial charge < -0.3 is 14.0 Å². The predicted molar refractivity (Wildman–Crippen MR) is 104 cm³/mol. The number of hydrogen-bond donors (Lipinski definition) is 0. The molecule has 0 radical (unpaired) electrons. The number of nitrogens with zero attached hydrogens (tertiary/aromatic N) is 3. The van der Waals surface area contributed by atoms with Gasteiger partial charge in [0.15, 0.2) is 16.3 Å². The fraction of sp³-hybridized carbons (Fsp3) is 0.158. The van der Waals surface area contributed by atoms with E-state index in [-0.39, 0.29) is 11.3 Å². The van der Waals surface area contributed by atoms with Crippen molar-refractivity contribution in [2.75, 3.05) is 13.2 Å². The van der Waals surface area contributed by atoms with Crippen LogP contribution in [0.2, 0.25) is 0 Å². The zero-order valence-electron chi connectivity index (χ0n) is 14.7. The van der Waals surface area contributed by atoms with Crippen LogP contribution in [0.25, 0.3) is 10.2 Å². The van der Waals surface area contributed by atoms with Gasteiger partial charge in [-0.15, -0.1) is 6.58 Å². The third-order valence-corrected chi connectivity index (χ3v) is 5.20. The van der Waals surface area contributed by atoms with Gasteiger partial charge in [-0.25, -0.2) is 0 Å². The number of benzene rings is 2. The average Bonchev–Trinajstić information content (AvgIpc) is 3.02. The predicted octanol–water partition coefficient (Wildman–Crippen LogP) is 3.31. The smallest absolute Gasteiger partial charge is 0.279 e. The Labute approximate surface area is 163 Å². The molecule has 1 aromatic heterocycles. The lowest BCUT2D eigenvalue weighted by atomic mass is 10.2. The molecule has 0 N–H and O–H groups in total. The van der Waals surface area contributed by atoms with Crippen LogP contribution < -0.4 is 14.3 Å². The molecule has 28 heavy (non-hydrogen) atoms. The van der Waals surface area contributed by atoms with Crippen molar-refractivity contribution in [1.29, 1.82) is 0 Å². The maximum atomic E-state index is 12.6. The van der Waals surface area contributed by atoms with Crippen LogP contribution >= 0.6 is 11.3 Å². The Kier molecular flexibility index (Phi) is 4.66. The molecule has 8 nitrogen and oxygen atoms in total. The quantitative estimate of drug-likeness (QED) is 0.382. The highest BCUT2D eigenvalue weighted by Crippen LogP contribution is 2.35. The summed E-state index contributed by atoms with van der Waals surface area (Å²) in [6.07, 6.45) is 1.71. The Morgan fingerprint density at radius 1 is 1.29 bits per heavy atom. The molecule has 1 aliphatic rings. The van der Waals surface area contributed by atoms with E-state index >= 15 is 0 Å². The van der Waals surface area contributed by atoms with Crippen molar-refractivity contribution in [2.24, 2.45) is 4.99 Å². The van der Waals surface area contributed by atoms with Gasteiger partial charge in [0.05, 0.1) is 15.1 Å². The molecule has 0 spiro atoms. The number of nitro benzene ring substituents is 1. The minimum absolute atomic E-state index is 0.154. The van der Waals surface area contributed by atoms with Crippen molar-refractivity contribution in [3.63, 3.8) is 0 Å². The minimum atomic E-state index is -0.551. The molecule has 0 fully saturated rings. The van der Waals surface area contributed by atoms with Crippen LogP contribution in [0, 0.1) is 10.1 Å². The standard InChI is InChI=1S/C19H15N3O5S/c1-2-6-21-14-10-15-16(27-8-7-26-15)11-17(14)28-19(21)20-18(23)12-4-3-5-13(9-12)22(24)25/h2-5,9-11H,1,6-8H2. The molecule has 0 bridgehead atoms. The number of nitro groups is 1. The van der Waals surface area contributed by atoms with Gasteiger partial charge in [-0.3, -0.25) is 14.9 Å². The second-order valence-electron chi connectivity index (χ2n) is 5.97. The van der Waals surface area contributed by atoms with E-state index in [1.807, 2.05) is 16.7 Å². The molecule has 0 aliphatic carbocycles. The van der Waals surface area contributed by atoms with E-state index in [1.54, 1.807) is 6.08 Å². The molecule has 9 heteroatoms. The van der Waals surface area contributed by atoms with Gasteiger partial charge >= 0.3 is 0 Å². The molecular weight excluding hydrogens is 382 g/mol. The van der Waals surface area contributed by atoms with E-state index in [0.717, 1.165) is 10.2 Å². The van der Waals surface area contributed by atoms with E-state index in [0.29, 0.717) is 36.1 Å². The van der Waals surface area contributed by atoms with Crippen molar-refractivity contribution in [3.05, 3.63) is 69.5 Å². The van der Waals surface area contributed by atoms with Crippen LogP contribution in [0.15, 0.2) is 54.0 Å². The molecule has 142 valence electrons. The van der Waals surface area contributed by atoms with Crippen molar-refractivity contribution >= 4 is 33.1 Å². The fourth-order valence-corrected chi connectivity index (χ4v) is 3.95. The molecule has 3 aromatic rings. The van der Waals surface area contributed by atoms with Crippen LogP contribution in [0.5, 0.6) is 11.5 Å². The number of allylic oxidation sites excluding steroid dienone is 1. The highest BCUT2D eigenvalue weighted by Gasteiger charge is 2.17. The maximum absolute atomic E-state index is 12.6. The molecule has 0 unspecified atom stereocenters. The first-order chi connectivity index (χ1) is 13.6. The Morgan fingerprint density at radius 3 is 2.75 bits per heavy atom. The zero-order valence-corrected chi connectivity index (χ0v) is 15.5. The third kappa shape index (κ3) is 3.27. The molecule has 2 aromatic carbocycles. The number of hydrogen-bond acceptors (Lipinski definition) is 6. The lowest BCUT2D eigenvalue weighted by Crippen LogP contribution is -2.17. The summed E-state index contributed by atoms with van der Waals surface area (Å²) in [5, 5.41) is 10.9. The summed E-state index contributed by atoms with van der Waals surface area (Å²) < 4.78 is 14.0. The Bertz CT molecular complexity index is 1180. The summed E-state index contributed by atoms with van der Waals surface area (Å²) in [4.78, 5) is 27.7. The third-order valence-electron chi connectivity index (χ3n) is 4.16. The molecule has 0 atom stereocenters. The SMILES string of the molecule is C=CCn1c(=NC(=O)c2cccc([N+](=O)[O-])c2)sc2cc3c(cc21)OCCO3. The molecular formula is C19H15N3O5S. The first kappa shape index (κ1) is 17.9. The van der Waals surface area contributed by atoms with Gasteiger partial charge in [-0.05, 0) is 6.07 Å². The fourth-order valence-electron chi connectivity index (χ4n) is 2.90. The summed E-state index contributed by atoms with van der Waals surface area (Å²) in [5.41, 5.74) is 0.848. The lowest BCUT2D eigenvalue weighted by Gasteiger charge is -2.18. The number of fused-ring (bicyclic) bond motifs is 2. The van der Waals surface area contributed by atoms with Crippen molar-refractivity contribution in [1.82, 2.24) is 4.57 Å². The molecule has 1 aliphatic heterocycles. The number of carbonyl (C=O) groups excluding carboxylic acids is 1. The van der Waals surface area contributed by atoms with E-state index < -0.39 is 10.8 Å². The van der Waals surface area contributed by atoms with Gasteiger partial charge in [0.2, 0.25) is 0 Å². The Morgan fingerprint density at radius 2 is 2.04 bits per heavy atom. The summed E-state index contributed by atoms with van der Waals surface area (Å²) in [6.45, 7) is 5.17. The molecule has 0 saturated heterocycles. The second kappa shape index (κ2) is 7.28. The van der Waals surface area contributed by atoms with E-state index in [1.165, 1.54) is 35.6 Å². The zero-order chi connectivity index (χ0) is 19.7. The van der Waals surface area contributed by atoms with Crippen LogP contribution in [0.4, 0.5) is 5.69 Å². The van der Waals surface area contributed by atoms with Crippen molar-refractivity contribution in [2.45, 2.75) is 6.54 Å². The summed E-state index contributed by atoms with van der Waals surface area (Å²) in [7, 11) is 0. The normalized spacial score (nSPS) is 13.5. The average molecular weight is 397 g/mol. The van der Waals surface area contributed by atoms with Gasteiger partial charge in [-0.1, -0.05) is 23.5 Å². The molecule has 4 rings (SSSR count). The van der Waals surface area contributed by atoms with Gasteiger partial charge in [-0.2, -0.15) is 4.99 Å². The van der Waals surface area contributed by atoms with E-state index in [2.05, 4.69) is 11.6 Å². The van der Waals surface area contributed by atoms with Crippen LogP contribution in [-0.2, 0) is 6.54 Å². The topological polar surface area (TPSA) is 96.0 Å². The number of aromatic nitrogens is 1. The first-order valence-electron chi connectivity index (χ1n) is 8.44. The summed E-state index contributed by atoms with van der Waals surface area (Å²) in [5.74, 6) is 0.749. The number of non-ortho nitro benzene ring substituents is 1. The Balaban J connectivity index is 1.83. The van der Waals surface area contributed by atoms with Crippen molar-refractivity contribution in [3.8, 4) is 11.5 Å². The second-order valence-corrected chi connectivity index (χ2v) is 6.98. The van der Waals surface area contributed by atoms with Crippen LogP contribution in [0.3, 0.4) is 0 Å². The van der Waals surface area contributed by atoms with Gasteiger partial charge in [0.1, 0.15) is 13.2 Å². The first-order valence-corrected chi connectivity index (χ1v) is 9.26.